The van der Waals surface area contributed by atoms with Gasteiger partial charge in [0.15, 0.2) is 19.7 Å². The summed E-state index contributed by atoms with van der Waals surface area (Å²) in [5, 5.41) is -7.45. The molecule has 16 rings (SSSR count). The first-order chi connectivity index (χ1) is 58.2. The standard InChI is InChI=1S/C75H50N6Si/c1-5-25-51(26-6-1)52-27-23-29-54(49-52)79-66-44-20-15-39-61(66)71-69(79)47-48-70-72(71)62-40-16-21-45-67(62)81(70)75-77-73(76-74(78-75)63-41-17-22-46-68(63)80-64-42-18-13-37-59(64)60-38-14-19-43-65(60)80)53-28-24-36-58(50-53)82(55-30-7-2-8-31-55,56-32-9-3-10-33-56)57-34-11-4-12-35-57/h1-50H/i1D,2D,3D,4D,5D,6D,7D,8D,9D,10D,11D,12D,13D,14D,16D,18D,19D,21D,23D,24D,25D,26D,27D,28D,29D,30D,31D,32D,33D,34D,35D,36D,37D,38D,40D,42D,43D,45D,47D,48D,49D,50D. The zero-order chi connectivity index (χ0) is 90.7. The van der Waals surface area contributed by atoms with Crippen molar-refractivity contribution in [1.29, 1.82) is 0 Å². The van der Waals surface area contributed by atoms with Gasteiger partial charge in [0, 0.05) is 49.1 Å². The number of hydrogen-bond donors (Lipinski definition) is 0. The maximum absolute atomic E-state index is 10.9. The van der Waals surface area contributed by atoms with E-state index in [9.17, 15) is 41.1 Å². The Labute approximate surface area is 533 Å². The van der Waals surface area contributed by atoms with Crippen LogP contribution in [0.1, 0.15) is 57.6 Å². The third-order valence-electron chi connectivity index (χ3n) is 13.7. The summed E-state index contributed by atoms with van der Waals surface area (Å²) in [6.07, 6.45) is 0. The monoisotopic (exact) mass is 1100 g/mol. The summed E-state index contributed by atoms with van der Waals surface area (Å²) in [5.41, 5.74) is -7.40. The molecule has 0 saturated heterocycles. The Morgan fingerprint density at radius 2 is 0.793 bits per heavy atom. The van der Waals surface area contributed by atoms with E-state index in [-0.39, 0.29) is 16.3 Å². The van der Waals surface area contributed by atoms with Gasteiger partial charge in [-0.2, -0.15) is 9.97 Å². The minimum absolute atomic E-state index is 0.0474. The van der Waals surface area contributed by atoms with Crippen molar-refractivity contribution in [2.75, 3.05) is 0 Å². The fourth-order valence-corrected chi connectivity index (χ4v) is 14.0. The summed E-state index contributed by atoms with van der Waals surface area (Å²) in [6.45, 7) is 0. The summed E-state index contributed by atoms with van der Waals surface area (Å²) in [5.74, 6) is -3.10. The minimum Gasteiger partial charge on any atom is -0.309 e. The molecule has 7 heteroatoms. The molecule has 0 atom stereocenters. The van der Waals surface area contributed by atoms with Gasteiger partial charge in [-0.1, -0.05) is 242 Å². The van der Waals surface area contributed by atoms with Crippen LogP contribution < -0.4 is 20.7 Å². The predicted octanol–water partition coefficient (Wildman–Crippen LogP) is 15.5. The van der Waals surface area contributed by atoms with E-state index in [0.717, 1.165) is 13.7 Å². The van der Waals surface area contributed by atoms with E-state index in [1.807, 2.05) is 0 Å². The molecule has 0 amide bonds. The first-order valence-electron chi connectivity index (χ1n) is 45.5. The summed E-state index contributed by atoms with van der Waals surface area (Å²) in [4.78, 5) is 14.6. The molecule has 16 aromatic rings. The van der Waals surface area contributed by atoms with Crippen molar-refractivity contribution in [3.63, 3.8) is 0 Å². The molecule has 6 nitrogen and oxygen atoms in total. The van der Waals surface area contributed by atoms with Gasteiger partial charge in [0.1, 0.15) is 0 Å². The SMILES string of the molecule is [2H]c1c([2H])c([2H])c(-c2c([2H])c([2H])c([2H])c(-n3c4ccccc4c4c5c6c([2H])c([2H])c([2H])c([2H])c6n(-c6nc(-c7ccccc7-n7c8c([2H])c([2H])c([2H])c([2H])c8c8c([2H])c([2H])c([2H])c([2H])c87)nc(-c7c([2H])c([2H])c([2H])c([Si](c8c([2H])c([2H])c([2H])c([2H])c8[2H])(c8c([2H])c([2H])c([2H])c([2H])c8[2H])c8c([2H])c([2H])c([2H])c([2H])c8[2H])c7[2H])n6)c5c([2H])c([2H])c43)c2[2H])c([2H])c1[2H]. The molecule has 0 fully saturated rings. The Hall–Kier alpha value is -10.7. The van der Waals surface area contributed by atoms with Crippen LogP contribution in [-0.2, 0) is 0 Å². The van der Waals surface area contributed by atoms with Crippen LogP contribution in [0.5, 0.6) is 0 Å². The van der Waals surface area contributed by atoms with Crippen molar-refractivity contribution in [2.45, 2.75) is 0 Å². The minimum atomic E-state index is -6.73. The maximum atomic E-state index is 10.9. The molecule has 0 N–H and O–H groups in total. The van der Waals surface area contributed by atoms with Crippen LogP contribution >= 0.6 is 0 Å². The van der Waals surface area contributed by atoms with Gasteiger partial charge in [0.25, 0.3) is 0 Å². The predicted molar refractivity (Wildman–Crippen MR) is 343 cm³/mol. The maximum Gasteiger partial charge on any atom is 0.238 e. The van der Waals surface area contributed by atoms with Crippen LogP contribution in [0.15, 0.2) is 302 Å². The van der Waals surface area contributed by atoms with E-state index in [1.54, 1.807) is 0 Å². The van der Waals surface area contributed by atoms with E-state index >= 15 is 0 Å². The van der Waals surface area contributed by atoms with Crippen molar-refractivity contribution in [3.05, 3.63) is 302 Å². The van der Waals surface area contributed by atoms with Gasteiger partial charge >= 0.3 is 0 Å². The second-order valence-corrected chi connectivity index (χ2v) is 21.4. The number of fused-ring (bicyclic) bond motifs is 10. The van der Waals surface area contributed by atoms with Gasteiger partial charge in [-0.25, -0.2) is 4.98 Å². The second kappa shape index (κ2) is 19.3. The Morgan fingerprint density at radius 3 is 1.46 bits per heavy atom. The number of hydrogen-bond acceptors (Lipinski definition) is 3. The van der Waals surface area contributed by atoms with E-state index in [0.29, 0.717) is 0 Å². The first-order valence-corrected chi connectivity index (χ1v) is 26.5. The van der Waals surface area contributed by atoms with Crippen LogP contribution in [0, 0.1) is 0 Å². The molecule has 0 radical (unpaired) electrons. The molecule has 12 aromatic carbocycles. The molecular formula is C75H50N6Si. The van der Waals surface area contributed by atoms with Crippen molar-refractivity contribution < 1.29 is 57.6 Å². The van der Waals surface area contributed by atoms with E-state index < -0.39 is 383 Å². The topological polar surface area (TPSA) is 53.5 Å². The summed E-state index contributed by atoms with van der Waals surface area (Å²) in [7, 11) is -6.73. The lowest BCUT2D eigenvalue weighted by Gasteiger charge is -2.34. The normalized spacial score (nSPS) is 19.1. The number of nitrogens with zero attached hydrogens (tertiary/aromatic N) is 6. The fourth-order valence-electron chi connectivity index (χ4n) is 10.4. The highest BCUT2D eigenvalue weighted by Crippen LogP contribution is 2.43. The van der Waals surface area contributed by atoms with Crippen molar-refractivity contribution in [2.24, 2.45) is 0 Å². The molecule has 0 unspecified atom stereocenters. The lowest BCUT2D eigenvalue weighted by Crippen LogP contribution is -2.74. The molecule has 0 spiro atoms. The quantitative estimate of drug-likeness (QED) is 0.101. The lowest BCUT2D eigenvalue weighted by molar-refractivity contribution is 0.952. The van der Waals surface area contributed by atoms with Gasteiger partial charge < -0.3 is 9.13 Å². The Bertz CT molecular complexity index is 7370. The third-order valence-corrected chi connectivity index (χ3v) is 17.7. The molecule has 0 aliphatic rings. The number of aromatic nitrogens is 6. The molecule has 0 bridgehead atoms. The zero-order valence-corrected chi connectivity index (χ0v) is 42.3. The third kappa shape index (κ3) is 7.37. The zero-order valence-electron chi connectivity index (χ0n) is 83.3. The molecular weight excluding hydrogens is 1010 g/mol. The highest BCUT2D eigenvalue weighted by atomic mass is 28.3. The van der Waals surface area contributed by atoms with E-state index in [4.69, 9.17) is 31.4 Å². The Kier molecular flexibility index (Phi) is 5.03. The Morgan fingerprint density at radius 1 is 0.305 bits per heavy atom. The molecule has 4 aromatic heterocycles. The Balaban J connectivity index is 1.15. The van der Waals surface area contributed by atoms with Crippen LogP contribution in [0.2, 0.25) is 0 Å². The van der Waals surface area contributed by atoms with Crippen molar-refractivity contribution in [1.82, 2.24) is 28.7 Å². The van der Waals surface area contributed by atoms with Gasteiger partial charge in [0.05, 0.1) is 96.4 Å². The van der Waals surface area contributed by atoms with Crippen LogP contribution in [0.3, 0.4) is 0 Å². The number of para-hydroxylation sites is 5. The molecule has 4 heterocycles. The van der Waals surface area contributed by atoms with Gasteiger partial charge in [-0.3, -0.25) is 4.57 Å². The highest BCUT2D eigenvalue weighted by molar-refractivity contribution is 7.19. The molecule has 384 valence electrons. The van der Waals surface area contributed by atoms with Crippen LogP contribution in [0.25, 0.3) is 117 Å². The van der Waals surface area contributed by atoms with Gasteiger partial charge in [-0.05, 0) is 92.4 Å². The summed E-state index contributed by atoms with van der Waals surface area (Å²) >= 11 is 0. The summed E-state index contributed by atoms with van der Waals surface area (Å²) in [6, 6.07) is -35.9. The molecule has 0 aliphatic heterocycles. The molecule has 82 heavy (non-hydrogen) atoms. The average Bonchev–Trinajstić information content (AvgIpc) is 1.10. The smallest absolute Gasteiger partial charge is 0.238 e. The second-order valence-electron chi connectivity index (χ2n) is 17.9. The van der Waals surface area contributed by atoms with Crippen molar-refractivity contribution in [3.8, 4) is 51.2 Å². The summed E-state index contributed by atoms with van der Waals surface area (Å²) < 4.78 is 399. The fraction of sp³-hybridized carbons (Fsp3) is 0. The van der Waals surface area contributed by atoms with E-state index in [1.165, 1.54) is 48.5 Å². The van der Waals surface area contributed by atoms with E-state index in [2.05, 4.69) is 0 Å². The average molecular weight is 1110 g/mol. The number of rotatable bonds is 10. The van der Waals surface area contributed by atoms with Crippen molar-refractivity contribution >= 4 is 94.2 Å². The highest BCUT2D eigenvalue weighted by Gasteiger charge is 2.41. The molecule has 0 aliphatic carbocycles. The number of benzene rings is 12. The largest absolute Gasteiger partial charge is 0.309 e. The lowest BCUT2D eigenvalue weighted by atomic mass is 10.0. The van der Waals surface area contributed by atoms with Gasteiger partial charge in [0.2, 0.25) is 5.95 Å². The van der Waals surface area contributed by atoms with Crippen LogP contribution in [-0.4, -0.2) is 36.7 Å². The first kappa shape index (κ1) is 21.4. The molecule has 0 saturated carbocycles. The van der Waals surface area contributed by atoms with Gasteiger partial charge in [-0.15, -0.1) is 0 Å². The van der Waals surface area contributed by atoms with Crippen LogP contribution in [0.4, 0.5) is 0 Å².